The first-order valence-corrected chi connectivity index (χ1v) is 6.50. The van der Waals surface area contributed by atoms with Gasteiger partial charge in [-0.3, -0.25) is 0 Å². The molecular formula is C14H20N2O2. The van der Waals surface area contributed by atoms with E-state index in [1.54, 1.807) is 14.2 Å². The molecule has 2 aliphatic rings. The number of para-hydroxylation sites is 1. The van der Waals surface area contributed by atoms with E-state index in [0.717, 1.165) is 55.2 Å². The van der Waals surface area contributed by atoms with E-state index in [4.69, 9.17) is 9.47 Å². The third-order valence-electron chi connectivity index (χ3n) is 4.11. The molecule has 18 heavy (non-hydrogen) atoms. The van der Waals surface area contributed by atoms with Gasteiger partial charge in [0.25, 0.3) is 0 Å². The van der Waals surface area contributed by atoms with Crippen molar-refractivity contribution in [3.8, 4) is 11.5 Å². The van der Waals surface area contributed by atoms with Crippen LogP contribution < -0.4 is 19.7 Å². The molecule has 0 aliphatic carbocycles. The van der Waals surface area contributed by atoms with E-state index in [1.807, 2.05) is 12.1 Å². The van der Waals surface area contributed by atoms with Gasteiger partial charge in [0, 0.05) is 26.2 Å². The lowest BCUT2D eigenvalue weighted by atomic mass is 10.0. The van der Waals surface area contributed by atoms with Crippen LogP contribution in [0.3, 0.4) is 0 Å². The van der Waals surface area contributed by atoms with Gasteiger partial charge < -0.3 is 19.7 Å². The monoisotopic (exact) mass is 248 g/mol. The fourth-order valence-corrected chi connectivity index (χ4v) is 3.17. The Morgan fingerprint density at radius 1 is 1.11 bits per heavy atom. The average Bonchev–Trinajstić information content (AvgIpc) is 2.98. The van der Waals surface area contributed by atoms with E-state index in [2.05, 4.69) is 16.3 Å². The molecule has 98 valence electrons. The number of benzene rings is 1. The number of hydrogen-bond donors (Lipinski definition) is 1. The minimum atomic E-state index is 0.779. The van der Waals surface area contributed by atoms with Crippen LogP contribution in [0.4, 0.5) is 5.69 Å². The van der Waals surface area contributed by atoms with Crippen molar-refractivity contribution in [1.29, 1.82) is 0 Å². The summed E-state index contributed by atoms with van der Waals surface area (Å²) in [6.07, 6.45) is 0. The lowest BCUT2D eigenvalue weighted by Gasteiger charge is -2.23. The van der Waals surface area contributed by atoms with Crippen molar-refractivity contribution in [2.24, 2.45) is 11.8 Å². The van der Waals surface area contributed by atoms with Crippen LogP contribution in [0.25, 0.3) is 0 Å². The summed E-state index contributed by atoms with van der Waals surface area (Å²) in [6, 6.07) is 6.10. The zero-order valence-corrected chi connectivity index (χ0v) is 11.0. The predicted octanol–water partition coefficient (Wildman–Crippen LogP) is 1.36. The maximum absolute atomic E-state index is 5.52. The van der Waals surface area contributed by atoms with Gasteiger partial charge in [0.15, 0.2) is 11.5 Å². The quantitative estimate of drug-likeness (QED) is 0.875. The first-order chi connectivity index (χ1) is 8.83. The Hall–Kier alpha value is -1.42. The number of nitrogens with zero attached hydrogens (tertiary/aromatic N) is 1. The number of hydrogen-bond acceptors (Lipinski definition) is 4. The highest BCUT2D eigenvalue weighted by atomic mass is 16.5. The van der Waals surface area contributed by atoms with Crippen molar-refractivity contribution in [3.05, 3.63) is 18.2 Å². The summed E-state index contributed by atoms with van der Waals surface area (Å²) < 4.78 is 10.9. The van der Waals surface area contributed by atoms with E-state index in [-0.39, 0.29) is 0 Å². The molecule has 0 bridgehead atoms. The number of ether oxygens (including phenoxy) is 2. The maximum Gasteiger partial charge on any atom is 0.184 e. The van der Waals surface area contributed by atoms with Crippen LogP contribution in [0, 0.1) is 11.8 Å². The molecule has 2 saturated heterocycles. The summed E-state index contributed by atoms with van der Waals surface area (Å²) in [5, 5.41) is 3.46. The van der Waals surface area contributed by atoms with Gasteiger partial charge in [-0.2, -0.15) is 0 Å². The van der Waals surface area contributed by atoms with Crippen molar-refractivity contribution < 1.29 is 9.47 Å². The van der Waals surface area contributed by atoms with Crippen molar-refractivity contribution >= 4 is 5.69 Å². The van der Waals surface area contributed by atoms with Gasteiger partial charge in [-0.15, -0.1) is 0 Å². The standard InChI is InChI=1S/C14H20N2O2/c1-17-13-5-3-4-12(14(13)18-2)16-8-10-6-15-7-11(10)9-16/h3-5,10-11,15H,6-9H2,1-2H3. The SMILES string of the molecule is COc1cccc(N2CC3CNCC3C2)c1OC. The fraction of sp³-hybridized carbons (Fsp3) is 0.571. The minimum absolute atomic E-state index is 0.779. The minimum Gasteiger partial charge on any atom is -0.493 e. The van der Waals surface area contributed by atoms with Gasteiger partial charge >= 0.3 is 0 Å². The van der Waals surface area contributed by atoms with Crippen molar-refractivity contribution in [3.63, 3.8) is 0 Å². The average molecular weight is 248 g/mol. The second-order valence-corrected chi connectivity index (χ2v) is 5.10. The molecule has 1 aromatic rings. The number of rotatable bonds is 3. The lowest BCUT2D eigenvalue weighted by molar-refractivity contribution is 0.355. The topological polar surface area (TPSA) is 33.7 Å². The van der Waals surface area contributed by atoms with Gasteiger partial charge in [-0.25, -0.2) is 0 Å². The highest BCUT2D eigenvalue weighted by Gasteiger charge is 2.37. The Morgan fingerprint density at radius 2 is 1.83 bits per heavy atom. The van der Waals surface area contributed by atoms with Crippen LogP contribution >= 0.6 is 0 Å². The number of anilines is 1. The molecule has 2 aliphatic heterocycles. The van der Waals surface area contributed by atoms with Gasteiger partial charge in [-0.05, 0) is 24.0 Å². The molecule has 0 saturated carbocycles. The van der Waals surface area contributed by atoms with Gasteiger partial charge in [0.2, 0.25) is 0 Å². The summed E-state index contributed by atoms with van der Waals surface area (Å²) >= 11 is 0. The largest absolute Gasteiger partial charge is 0.493 e. The second kappa shape index (κ2) is 4.69. The zero-order chi connectivity index (χ0) is 12.5. The van der Waals surface area contributed by atoms with Crippen molar-refractivity contribution in [1.82, 2.24) is 5.32 Å². The summed E-state index contributed by atoms with van der Waals surface area (Å²) in [5.74, 6) is 3.22. The molecule has 0 spiro atoms. The van der Waals surface area contributed by atoms with Crippen LogP contribution in [0.15, 0.2) is 18.2 Å². The molecule has 2 fully saturated rings. The van der Waals surface area contributed by atoms with Crippen LogP contribution in [0.5, 0.6) is 11.5 Å². The molecular weight excluding hydrogens is 228 g/mol. The van der Waals surface area contributed by atoms with Gasteiger partial charge in [-0.1, -0.05) is 6.07 Å². The Kier molecular flexibility index (Phi) is 3.04. The summed E-state index contributed by atoms with van der Waals surface area (Å²) in [7, 11) is 3.39. The van der Waals surface area contributed by atoms with E-state index in [9.17, 15) is 0 Å². The van der Waals surface area contributed by atoms with Gasteiger partial charge in [0.1, 0.15) is 0 Å². The second-order valence-electron chi connectivity index (χ2n) is 5.10. The van der Waals surface area contributed by atoms with E-state index < -0.39 is 0 Å². The lowest BCUT2D eigenvalue weighted by Crippen LogP contribution is -2.25. The Morgan fingerprint density at radius 3 is 2.44 bits per heavy atom. The highest BCUT2D eigenvalue weighted by molar-refractivity contribution is 5.65. The van der Waals surface area contributed by atoms with E-state index in [0.29, 0.717) is 0 Å². The molecule has 0 radical (unpaired) electrons. The van der Waals surface area contributed by atoms with Crippen molar-refractivity contribution in [2.75, 3.05) is 45.3 Å². The third-order valence-corrected chi connectivity index (χ3v) is 4.11. The molecule has 2 atom stereocenters. The molecule has 1 aromatic carbocycles. The van der Waals surface area contributed by atoms with Crippen LogP contribution in [-0.2, 0) is 0 Å². The van der Waals surface area contributed by atoms with E-state index >= 15 is 0 Å². The van der Waals surface area contributed by atoms with Gasteiger partial charge in [0.05, 0.1) is 19.9 Å². The van der Waals surface area contributed by atoms with Crippen LogP contribution in [0.1, 0.15) is 0 Å². The highest BCUT2D eigenvalue weighted by Crippen LogP contribution is 2.40. The molecule has 4 nitrogen and oxygen atoms in total. The third kappa shape index (κ3) is 1.81. The molecule has 2 heterocycles. The smallest absolute Gasteiger partial charge is 0.184 e. The molecule has 2 unspecified atom stereocenters. The zero-order valence-electron chi connectivity index (χ0n) is 11.0. The molecule has 0 amide bonds. The molecule has 0 aromatic heterocycles. The molecule has 1 N–H and O–H groups in total. The number of methoxy groups -OCH3 is 2. The molecule has 3 rings (SSSR count). The first-order valence-electron chi connectivity index (χ1n) is 6.50. The van der Waals surface area contributed by atoms with Crippen LogP contribution in [0.2, 0.25) is 0 Å². The normalized spacial score (nSPS) is 26.2. The van der Waals surface area contributed by atoms with Crippen molar-refractivity contribution in [2.45, 2.75) is 0 Å². The fourth-order valence-electron chi connectivity index (χ4n) is 3.17. The summed E-state index contributed by atoms with van der Waals surface area (Å²) in [4.78, 5) is 2.43. The predicted molar refractivity (Wildman–Crippen MR) is 71.6 cm³/mol. The number of nitrogens with one attached hydrogen (secondary N) is 1. The number of fused-ring (bicyclic) bond motifs is 1. The Labute approximate surface area is 108 Å². The summed E-state index contributed by atoms with van der Waals surface area (Å²) in [5.41, 5.74) is 1.16. The Bertz CT molecular complexity index is 424. The van der Waals surface area contributed by atoms with E-state index in [1.165, 1.54) is 0 Å². The van der Waals surface area contributed by atoms with Crippen LogP contribution in [-0.4, -0.2) is 40.4 Å². The first kappa shape index (κ1) is 11.7. The Balaban J connectivity index is 1.88. The molecule has 4 heteroatoms. The maximum atomic E-state index is 5.52. The summed E-state index contributed by atoms with van der Waals surface area (Å²) in [6.45, 7) is 4.52.